The van der Waals surface area contributed by atoms with Crippen LogP contribution in [0.5, 0.6) is 46.0 Å². The first-order chi connectivity index (χ1) is 29.6. The molecule has 4 aliphatic heterocycles. The molecule has 0 amide bonds. The molecule has 0 aromatic heterocycles. The van der Waals surface area contributed by atoms with E-state index in [-0.39, 0.29) is 6.85 Å². The van der Waals surface area contributed by atoms with E-state index in [1.807, 2.05) is 54.6 Å². The fraction of sp³-hybridized carbons (Fsp3) is 0.0189. The molecule has 0 aliphatic carbocycles. The van der Waals surface area contributed by atoms with E-state index in [0.29, 0.717) is 46.0 Å². The Morgan fingerprint density at radius 1 is 0.417 bits per heavy atom. The molecule has 7 heteroatoms. The molecule has 0 bridgehead atoms. The van der Waals surface area contributed by atoms with Crippen molar-refractivity contribution in [1.82, 2.24) is 0 Å². The SMILES string of the molecule is Cc1cc2c3c(c1)N(c1ccc4c(c1)Oc1ccccc1O4)c1cc4c(cc1B3N(c1ccc(-c3ccccc3)cc1)c1c-2ccc2ccccc12)Oc1ccccc1O4. The molecule has 60 heavy (non-hydrogen) atoms. The zero-order chi connectivity index (χ0) is 39.5. The number of hydrogen-bond acceptors (Lipinski definition) is 6. The number of para-hydroxylation sites is 4. The minimum absolute atomic E-state index is 0.238. The van der Waals surface area contributed by atoms with Gasteiger partial charge in [0.15, 0.2) is 46.0 Å². The molecule has 0 radical (unpaired) electrons. The van der Waals surface area contributed by atoms with Crippen LogP contribution in [0, 0.1) is 6.92 Å². The summed E-state index contributed by atoms with van der Waals surface area (Å²) < 4.78 is 26.2. The van der Waals surface area contributed by atoms with E-state index in [4.69, 9.17) is 18.9 Å². The van der Waals surface area contributed by atoms with Crippen LogP contribution in [0.4, 0.5) is 28.4 Å². The van der Waals surface area contributed by atoms with Crippen LogP contribution in [0.3, 0.4) is 0 Å². The predicted octanol–water partition coefficient (Wildman–Crippen LogP) is 13.3. The van der Waals surface area contributed by atoms with Crippen LogP contribution in [0.15, 0.2) is 182 Å². The fourth-order valence-corrected chi connectivity index (χ4v) is 9.54. The van der Waals surface area contributed by atoms with Crippen molar-refractivity contribution in [3.63, 3.8) is 0 Å². The van der Waals surface area contributed by atoms with E-state index in [9.17, 15) is 0 Å². The third-order valence-corrected chi connectivity index (χ3v) is 12.2. The van der Waals surface area contributed by atoms with Crippen molar-refractivity contribution in [2.45, 2.75) is 6.92 Å². The molecule has 0 spiro atoms. The van der Waals surface area contributed by atoms with Gasteiger partial charge >= 0.3 is 6.85 Å². The summed E-state index contributed by atoms with van der Waals surface area (Å²) in [7, 11) is 0. The van der Waals surface area contributed by atoms with Crippen molar-refractivity contribution in [2.24, 2.45) is 0 Å². The monoisotopic (exact) mass is 772 g/mol. The Bertz CT molecular complexity index is 3260. The summed E-state index contributed by atoms with van der Waals surface area (Å²) >= 11 is 0. The van der Waals surface area contributed by atoms with Crippen LogP contribution < -0.4 is 39.6 Å². The number of nitrogens with zero attached hydrogens (tertiary/aromatic N) is 2. The van der Waals surface area contributed by atoms with E-state index in [1.165, 1.54) is 44.2 Å². The van der Waals surface area contributed by atoms with Crippen molar-refractivity contribution in [1.29, 1.82) is 0 Å². The van der Waals surface area contributed by atoms with Gasteiger partial charge in [0.05, 0.1) is 5.69 Å². The summed E-state index contributed by atoms with van der Waals surface area (Å²) in [6.07, 6.45) is 0. The summed E-state index contributed by atoms with van der Waals surface area (Å²) in [5.74, 6) is 5.40. The molecule has 282 valence electrons. The van der Waals surface area contributed by atoms with Crippen molar-refractivity contribution in [3.05, 3.63) is 188 Å². The normalized spacial score (nSPS) is 13.5. The average Bonchev–Trinajstić information content (AvgIpc) is 3.29. The first-order valence-electron chi connectivity index (χ1n) is 20.3. The number of hydrogen-bond donors (Lipinski definition) is 0. The maximum atomic E-state index is 6.69. The zero-order valence-electron chi connectivity index (χ0n) is 32.4. The second-order valence-corrected chi connectivity index (χ2v) is 15.7. The van der Waals surface area contributed by atoms with Gasteiger partial charge < -0.3 is 28.7 Å². The number of ether oxygens (including phenoxy) is 4. The molecule has 9 aromatic rings. The Labute approximate surface area is 347 Å². The van der Waals surface area contributed by atoms with Gasteiger partial charge in [0.2, 0.25) is 0 Å². The van der Waals surface area contributed by atoms with E-state index < -0.39 is 0 Å². The first kappa shape index (κ1) is 33.1. The molecule has 0 saturated heterocycles. The molecular weight excluding hydrogens is 739 g/mol. The number of aryl methyl sites for hydroxylation is 1. The van der Waals surface area contributed by atoms with Gasteiger partial charge in [-0.3, -0.25) is 0 Å². The van der Waals surface area contributed by atoms with Gasteiger partial charge in [-0.2, -0.15) is 0 Å². The summed E-state index contributed by atoms with van der Waals surface area (Å²) in [4.78, 5) is 4.91. The lowest BCUT2D eigenvalue weighted by Crippen LogP contribution is -2.61. The molecule has 0 unspecified atom stereocenters. The topological polar surface area (TPSA) is 43.4 Å². The lowest BCUT2D eigenvalue weighted by molar-refractivity contribution is 0.359. The Kier molecular flexibility index (Phi) is 6.93. The summed E-state index contributed by atoms with van der Waals surface area (Å²) in [6.45, 7) is 1.95. The Balaban J connectivity index is 1.09. The third-order valence-electron chi connectivity index (χ3n) is 12.2. The van der Waals surface area contributed by atoms with Crippen molar-refractivity contribution in [3.8, 4) is 68.2 Å². The highest BCUT2D eigenvalue weighted by molar-refractivity contribution is 6.94. The van der Waals surface area contributed by atoms with E-state index in [1.54, 1.807) is 0 Å². The van der Waals surface area contributed by atoms with Crippen LogP contribution in [0.25, 0.3) is 33.0 Å². The molecule has 9 aromatic carbocycles. The highest BCUT2D eigenvalue weighted by Crippen LogP contribution is 2.54. The molecule has 0 fully saturated rings. The van der Waals surface area contributed by atoms with Crippen molar-refractivity contribution in [2.75, 3.05) is 9.71 Å². The summed E-state index contributed by atoms with van der Waals surface area (Å²) in [6, 6.07) is 63.7. The smallest absolute Gasteiger partial charge is 0.333 e. The summed E-state index contributed by atoms with van der Waals surface area (Å²) in [5.41, 5.74) is 13.5. The van der Waals surface area contributed by atoms with Crippen molar-refractivity contribution < 1.29 is 18.9 Å². The van der Waals surface area contributed by atoms with Gasteiger partial charge in [-0.25, -0.2) is 0 Å². The average molecular weight is 773 g/mol. The number of fused-ring (bicyclic) bond motifs is 10. The standard InChI is InChI=1S/C53H33BN2O4/c1-32-27-40-39-25-21-35-13-5-6-14-38(35)53(39)56(36-22-19-34(20-23-36)33-11-3-2-4-12-33)54-41-30-50-51(60-47-18-10-9-17-46(47)59-50)31-42(41)55(43(28-32)52(40)54)37-24-26-48-49(29-37)58-45-16-8-7-15-44(45)57-48/h2-31H,1H3. The minimum atomic E-state index is -0.238. The van der Waals surface area contributed by atoms with Gasteiger partial charge in [-0.05, 0) is 106 Å². The molecule has 6 nitrogen and oxygen atoms in total. The van der Waals surface area contributed by atoms with Crippen LogP contribution in [-0.4, -0.2) is 6.85 Å². The van der Waals surface area contributed by atoms with Gasteiger partial charge in [-0.1, -0.05) is 109 Å². The highest BCUT2D eigenvalue weighted by atomic mass is 16.6. The maximum Gasteiger partial charge on any atom is 0.333 e. The number of rotatable bonds is 3. The fourth-order valence-electron chi connectivity index (χ4n) is 9.54. The van der Waals surface area contributed by atoms with Crippen LogP contribution >= 0.6 is 0 Å². The largest absolute Gasteiger partial charge is 0.450 e. The highest BCUT2D eigenvalue weighted by Gasteiger charge is 2.47. The third kappa shape index (κ3) is 4.89. The van der Waals surface area contributed by atoms with Gasteiger partial charge in [0.1, 0.15) is 0 Å². The second-order valence-electron chi connectivity index (χ2n) is 15.7. The van der Waals surface area contributed by atoms with Gasteiger partial charge in [-0.15, -0.1) is 0 Å². The zero-order valence-corrected chi connectivity index (χ0v) is 32.4. The molecular formula is C53H33BN2O4. The quantitative estimate of drug-likeness (QED) is 0.167. The molecule has 0 saturated carbocycles. The summed E-state index contributed by atoms with van der Waals surface area (Å²) in [5, 5.41) is 2.38. The van der Waals surface area contributed by atoms with Crippen LogP contribution in [-0.2, 0) is 0 Å². The molecule has 0 N–H and O–H groups in total. The Morgan fingerprint density at radius 3 is 1.73 bits per heavy atom. The second kappa shape index (κ2) is 12.6. The van der Waals surface area contributed by atoms with E-state index in [0.717, 1.165) is 33.8 Å². The van der Waals surface area contributed by atoms with E-state index in [2.05, 4.69) is 144 Å². The molecule has 0 atom stereocenters. The van der Waals surface area contributed by atoms with Gasteiger partial charge in [0, 0.05) is 45.8 Å². The molecule has 4 aliphatic rings. The Morgan fingerprint density at radius 2 is 1.00 bits per heavy atom. The minimum Gasteiger partial charge on any atom is -0.450 e. The van der Waals surface area contributed by atoms with Crippen molar-refractivity contribution >= 4 is 57.0 Å². The lowest BCUT2D eigenvalue weighted by Gasteiger charge is -2.46. The van der Waals surface area contributed by atoms with Gasteiger partial charge in [0.25, 0.3) is 0 Å². The van der Waals surface area contributed by atoms with E-state index >= 15 is 0 Å². The van der Waals surface area contributed by atoms with Crippen LogP contribution in [0.1, 0.15) is 5.56 Å². The predicted molar refractivity (Wildman–Crippen MR) is 241 cm³/mol. The number of anilines is 5. The Hall–Kier alpha value is -7.90. The molecule has 13 rings (SSSR count). The number of benzene rings is 9. The lowest BCUT2D eigenvalue weighted by atomic mass is 9.43. The first-order valence-corrected chi connectivity index (χ1v) is 20.3. The molecule has 4 heterocycles. The maximum absolute atomic E-state index is 6.69. The van der Waals surface area contributed by atoms with Crippen LogP contribution in [0.2, 0.25) is 0 Å².